The second-order valence-electron chi connectivity index (χ2n) is 8.85. The summed E-state index contributed by atoms with van der Waals surface area (Å²) in [4.78, 5) is 46.2. The molecule has 0 atom stereocenters. The van der Waals surface area contributed by atoms with Crippen LogP contribution in [0.15, 0.2) is 66.9 Å². The zero-order valence-corrected chi connectivity index (χ0v) is 20.7. The molecule has 2 aromatic heterocycles. The second-order valence-corrected chi connectivity index (χ2v) is 8.85. The Morgan fingerprint density at radius 3 is 2.58 bits per heavy atom. The number of carbonyl (C=O) groups is 3. The molecule has 0 unspecified atom stereocenters. The third-order valence-corrected chi connectivity index (χ3v) is 6.32. The maximum Gasteiger partial charge on any atom is 0.408 e. The average molecular weight is 512 g/mol. The highest BCUT2D eigenvalue weighted by atomic mass is 16.5. The van der Waals surface area contributed by atoms with Crippen molar-refractivity contribution in [1.82, 2.24) is 14.9 Å². The molecule has 38 heavy (non-hydrogen) atoms. The van der Waals surface area contributed by atoms with Crippen LogP contribution in [-0.2, 0) is 6.54 Å². The number of hydrogen-bond acceptors (Lipinski definition) is 6. The first-order valence-corrected chi connectivity index (χ1v) is 11.8. The van der Waals surface area contributed by atoms with Crippen LogP contribution in [0.1, 0.15) is 32.0 Å². The van der Waals surface area contributed by atoms with Crippen molar-refractivity contribution in [3.8, 4) is 17.0 Å². The van der Waals surface area contributed by atoms with E-state index in [1.54, 1.807) is 43.6 Å². The first kappa shape index (κ1) is 24.6. The smallest absolute Gasteiger partial charge is 0.408 e. The third kappa shape index (κ3) is 4.79. The molecule has 10 heteroatoms. The van der Waals surface area contributed by atoms with Gasteiger partial charge in [-0.2, -0.15) is 0 Å². The van der Waals surface area contributed by atoms with Crippen molar-refractivity contribution in [1.29, 1.82) is 0 Å². The van der Waals surface area contributed by atoms with Crippen LogP contribution in [0.3, 0.4) is 0 Å². The minimum Gasteiger partial charge on any atom is -0.497 e. The van der Waals surface area contributed by atoms with E-state index in [9.17, 15) is 19.5 Å². The number of rotatable bonds is 6. The number of ketones is 1. The molecular weight excluding hydrogens is 486 g/mol. The molecule has 5 rings (SSSR count). The fourth-order valence-electron chi connectivity index (χ4n) is 4.48. The molecule has 4 N–H and O–H groups in total. The summed E-state index contributed by atoms with van der Waals surface area (Å²) < 4.78 is 5.22. The first-order chi connectivity index (χ1) is 18.3. The van der Waals surface area contributed by atoms with Gasteiger partial charge in [0.25, 0.3) is 5.91 Å². The number of Topliss-reactive ketones (excluding diaryl/α,β-unsaturated/α-hetero) is 1. The molecule has 0 bridgehead atoms. The molecule has 0 aliphatic carbocycles. The van der Waals surface area contributed by atoms with E-state index in [1.807, 2.05) is 37.3 Å². The number of anilines is 3. The van der Waals surface area contributed by atoms with Gasteiger partial charge in [0.1, 0.15) is 11.6 Å². The maximum atomic E-state index is 13.1. The number of aryl methyl sites for hydroxylation is 1. The van der Waals surface area contributed by atoms with Crippen LogP contribution in [0.4, 0.5) is 22.0 Å². The van der Waals surface area contributed by atoms with Crippen molar-refractivity contribution < 1.29 is 24.2 Å². The molecule has 0 fully saturated rings. The molecule has 10 nitrogen and oxygen atoms in total. The van der Waals surface area contributed by atoms with Crippen molar-refractivity contribution in [2.75, 3.05) is 24.3 Å². The van der Waals surface area contributed by atoms with Crippen LogP contribution in [0.25, 0.3) is 11.3 Å². The Bertz CT molecular complexity index is 1550. The first-order valence-electron chi connectivity index (χ1n) is 11.8. The minimum absolute atomic E-state index is 0.0469. The lowest BCUT2D eigenvalue weighted by Gasteiger charge is -2.23. The lowest BCUT2D eigenvalue weighted by Crippen LogP contribution is -2.38. The van der Waals surface area contributed by atoms with E-state index < -0.39 is 6.09 Å². The van der Waals surface area contributed by atoms with Crippen molar-refractivity contribution in [2.45, 2.75) is 13.5 Å². The number of methoxy groups -OCH3 is 1. The monoisotopic (exact) mass is 511 g/mol. The third-order valence-electron chi connectivity index (χ3n) is 6.32. The predicted octanol–water partition coefficient (Wildman–Crippen LogP) is 5.07. The highest BCUT2D eigenvalue weighted by Gasteiger charge is 2.32. The molecular formula is C28H25N5O5. The molecule has 1 aliphatic heterocycles. The zero-order chi connectivity index (χ0) is 26.8. The highest BCUT2D eigenvalue weighted by Crippen LogP contribution is 2.38. The molecule has 0 saturated carbocycles. The number of fused-ring (bicyclic) bond motifs is 1. The van der Waals surface area contributed by atoms with E-state index in [0.29, 0.717) is 45.3 Å². The van der Waals surface area contributed by atoms with Crippen molar-refractivity contribution >= 4 is 35.0 Å². The lowest BCUT2D eigenvalue weighted by molar-refractivity contribution is 0.0874. The number of para-hydroxylation sites is 1. The van der Waals surface area contributed by atoms with Gasteiger partial charge in [-0.25, -0.2) is 9.78 Å². The molecule has 0 radical (unpaired) electrons. The number of H-pyrrole nitrogens is 1. The Morgan fingerprint density at radius 2 is 1.87 bits per heavy atom. The summed E-state index contributed by atoms with van der Waals surface area (Å²) >= 11 is 0. The highest BCUT2D eigenvalue weighted by molar-refractivity contribution is 6.09. The topological polar surface area (TPSA) is 137 Å². The van der Waals surface area contributed by atoms with Gasteiger partial charge in [0.05, 0.1) is 37.1 Å². The Hall–Kier alpha value is -5.12. The Morgan fingerprint density at radius 1 is 1.08 bits per heavy atom. The van der Waals surface area contributed by atoms with Crippen LogP contribution >= 0.6 is 0 Å². The van der Waals surface area contributed by atoms with Crippen molar-refractivity contribution in [3.05, 3.63) is 89.2 Å². The standard InChI is InChI=1S/C28H25N5O5/c1-16-12-19(38-2)8-9-20(16)27(35)32-23-13-17(10-11-29-23)25-26(30-18-6-4-3-5-7-18)24-21(31-25)14-33(28(36)37)15-22(24)34/h3-13,30-31H,14-15H2,1-2H3,(H,36,37)(H,29,32,35). The molecule has 4 aromatic rings. The van der Waals surface area contributed by atoms with E-state index in [0.717, 1.165) is 16.2 Å². The summed E-state index contributed by atoms with van der Waals surface area (Å²) in [6.45, 7) is 1.64. The normalized spacial score (nSPS) is 12.6. The molecule has 0 spiro atoms. The summed E-state index contributed by atoms with van der Waals surface area (Å²) in [5.74, 6) is 0.339. The minimum atomic E-state index is -1.17. The van der Waals surface area contributed by atoms with Gasteiger partial charge in [0, 0.05) is 28.7 Å². The Balaban J connectivity index is 1.52. The van der Waals surface area contributed by atoms with Crippen molar-refractivity contribution in [2.24, 2.45) is 0 Å². The van der Waals surface area contributed by atoms with Crippen LogP contribution in [0, 0.1) is 6.92 Å². The predicted molar refractivity (Wildman–Crippen MR) is 142 cm³/mol. The van der Waals surface area contributed by atoms with Gasteiger partial charge in [-0.3, -0.25) is 14.5 Å². The molecule has 1 aliphatic rings. The number of aromatic amines is 1. The van der Waals surface area contributed by atoms with E-state index in [-0.39, 0.29) is 24.8 Å². The molecule has 192 valence electrons. The summed E-state index contributed by atoms with van der Waals surface area (Å²) in [5.41, 5.74) is 4.69. The van der Waals surface area contributed by atoms with E-state index in [1.165, 1.54) is 0 Å². The number of carboxylic acid groups (broad SMARTS) is 1. The average Bonchev–Trinajstić information content (AvgIpc) is 3.27. The number of amides is 2. The van der Waals surface area contributed by atoms with Crippen LogP contribution in [0.5, 0.6) is 5.75 Å². The second kappa shape index (κ2) is 10.1. The van der Waals surface area contributed by atoms with Crippen LogP contribution in [0.2, 0.25) is 0 Å². The fourth-order valence-corrected chi connectivity index (χ4v) is 4.48. The van der Waals surface area contributed by atoms with Gasteiger partial charge in [-0.15, -0.1) is 0 Å². The summed E-state index contributed by atoms with van der Waals surface area (Å²) in [5, 5.41) is 15.6. The lowest BCUT2D eigenvalue weighted by atomic mass is 10.0. The van der Waals surface area contributed by atoms with Crippen LogP contribution in [-0.4, -0.2) is 51.4 Å². The number of nitrogens with zero attached hydrogens (tertiary/aromatic N) is 2. The van der Waals surface area contributed by atoms with E-state index in [4.69, 9.17) is 4.74 Å². The zero-order valence-electron chi connectivity index (χ0n) is 20.7. The number of hydrogen-bond donors (Lipinski definition) is 4. The number of benzene rings is 2. The van der Waals surface area contributed by atoms with Gasteiger partial charge < -0.3 is 25.5 Å². The quantitative estimate of drug-likeness (QED) is 0.284. The van der Waals surface area contributed by atoms with Crippen molar-refractivity contribution in [3.63, 3.8) is 0 Å². The molecule has 3 heterocycles. The van der Waals surface area contributed by atoms with Gasteiger partial charge in [-0.05, 0) is 55.0 Å². The van der Waals surface area contributed by atoms with E-state index >= 15 is 0 Å². The molecule has 0 saturated heterocycles. The Labute approximate surface area is 218 Å². The maximum absolute atomic E-state index is 13.1. The summed E-state index contributed by atoms with van der Waals surface area (Å²) in [6, 6.07) is 18.0. The SMILES string of the molecule is COc1ccc(C(=O)Nc2cc(-c3[nH]c4c(c3Nc3ccccc3)C(=O)CN(C(=O)O)C4)ccn2)c(C)c1. The summed E-state index contributed by atoms with van der Waals surface area (Å²) in [7, 11) is 1.57. The number of carbonyl (C=O) groups excluding carboxylic acids is 2. The number of aromatic nitrogens is 2. The molecule has 2 amide bonds. The number of pyridine rings is 1. The van der Waals surface area contributed by atoms with Gasteiger partial charge in [0.2, 0.25) is 0 Å². The number of nitrogens with one attached hydrogen (secondary N) is 3. The van der Waals surface area contributed by atoms with Gasteiger partial charge >= 0.3 is 6.09 Å². The van der Waals surface area contributed by atoms with Gasteiger partial charge in [-0.1, -0.05) is 18.2 Å². The van der Waals surface area contributed by atoms with E-state index in [2.05, 4.69) is 20.6 Å². The Kier molecular flexibility index (Phi) is 6.53. The fraction of sp³-hybridized carbons (Fsp3) is 0.143. The van der Waals surface area contributed by atoms with Crippen LogP contribution < -0.4 is 15.4 Å². The largest absolute Gasteiger partial charge is 0.497 e. The van der Waals surface area contributed by atoms with Gasteiger partial charge in [0.15, 0.2) is 5.78 Å². The summed E-state index contributed by atoms with van der Waals surface area (Å²) in [6.07, 6.45) is 0.393. The molecule has 2 aromatic carbocycles. The number of ether oxygens (including phenoxy) is 1.